The molecule has 4 rings (SSSR count). The van der Waals surface area contributed by atoms with Gasteiger partial charge in [-0.25, -0.2) is 13.4 Å². The van der Waals surface area contributed by atoms with Crippen molar-refractivity contribution >= 4 is 33.2 Å². The Kier molecular flexibility index (Phi) is 5.58. The predicted molar refractivity (Wildman–Crippen MR) is 111 cm³/mol. The Hall–Kier alpha value is -2.42. The zero-order valence-corrected chi connectivity index (χ0v) is 17.3. The maximum absolute atomic E-state index is 12.7. The van der Waals surface area contributed by atoms with E-state index in [-0.39, 0.29) is 15.5 Å². The maximum Gasteiger partial charge on any atom is 0.252 e. The van der Waals surface area contributed by atoms with Crippen molar-refractivity contribution in [1.82, 2.24) is 19.0 Å². The van der Waals surface area contributed by atoms with Crippen LogP contribution in [0.1, 0.15) is 28.9 Å². The molecule has 0 saturated carbocycles. The molecule has 7 nitrogen and oxygen atoms in total. The molecule has 0 radical (unpaired) electrons. The lowest BCUT2D eigenvalue weighted by Crippen LogP contribution is -2.29. The summed E-state index contributed by atoms with van der Waals surface area (Å²) in [6, 6.07) is 10.0. The monoisotopic (exact) mass is 432 g/mol. The minimum absolute atomic E-state index is 0.0919. The van der Waals surface area contributed by atoms with E-state index in [2.05, 4.69) is 10.3 Å². The van der Waals surface area contributed by atoms with Crippen LogP contribution in [0.15, 0.2) is 53.7 Å². The van der Waals surface area contributed by atoms with Gasteiger partial charge >= 0.3 is 0 Å². The van der Waals surface area contributed by atoms with E-state index in [0.717, 1.165) is 24.2 Å². The van der Waals surface area contributed by atoms with E-state index in [9.17, 15) is 13.2 Å². The summed E-state index contributed by atoms with van der Waals surface area (Å²) < 4.78 is 28.9. The Balaban J connectivity index is 1.45. The molecule has 1 aliphatic rings. The normalized spacial score (nSPS) is 15.1. The van der Waals surface area contributed by atoms with E-state index in [1.807, 2.05) is 35.0 Å². The molecular weight excluding hydrogens is 412 g/mol. The Morgan fingerprint density at radius 2 is 1.97 bits per heavy atom. The van der Waals surface area contributed by atoms with Gasteiger partial charge in [-0.3, -0.25) is 4.79 Å². The molecule has 1 aliphatic heterocycles. The van der Waals surface area contributed by atoms with Gasteiger partial charge in [0.05, 0.1) is 21.2 Å². The number of imidazole rings is 1. The van der Waals surface area contributed by atoms with Crippen LogP contribution in [0.2, 0.25) is 5.02 Å². The average molecular weight is 433 g/mol. The number of benzene rings is 1. The lowest BCUT2D eigenvalue weighted by atomic mass is 10.2. The number of aromatic nitrogens is 2. The van der Waals surface area contributed by atoms with Crippen molar-refractivity contribution < 1.29 is 13.2 Å². The molecule has 29 heavy (non-hydrogen) atoms. The summed E-state index contributed by atoms with van der Waals surface area (Å²) in [6.45, 7) is 1.37. The summed E-state index contributed by atoms with van der Waals surface area (Å²) in [5, 5.41) is 3.02. The quantitative estimate of drug-likeness (QED) is 0.649. The smallest absolute Gasteiger partial charge is 0.252 e. The second-order valence-electron chi connectivity index (χ2n) is 6.96. The number of amides is 1. The van der Waals surface area contributed by atoms with Crippen LogP contribution in [-0.4, -0.2) is 47.6 Å². The molecule has 0 bridgehead atoms. The Bertz CT molecular complexity index is 1120. The molecule has 9 heteroatoms. The zero-order chi connectivity index (χ0) is 20.4. The first-order chi connectivity index (χ1) is 13.9. The number of hydrogen-bond donors (Lipinski definition) is 1. The van der Waals surface area contributed by atoms with Crippen LogP contribution in [0.3, 0.4) is 0 Å². The van der Waals surface area contributed by atoms with Crippen molar-refractivity contribution in [2.75, 3.05) is 19.6 Å². The molecule has 152 valence electrons. The van der Waals surface area contributed by atoms with Crippen LogP contribution in [-0.2, 0) is 16.4 Å². The van der Waals surface area contributed by atoms with Gasteiger partial charge in [0.15, 0.2) is 0 Å². The minimum atomic E-state index is -3.61. The van der Waals surface area contributed by atoms with Gasteiger partial charge in [0.25, 0.3) is 5.91 Å². The molecule has 1 aromatic carbocycles. The Labute approximate surface area is 174 Å². The number of sulfonamides is 1. The van der Waals surface area contributed by atoms with E-state index < -0.39 is 15.9 Å². The highest BCUT2D eigenvalue weighted by molar-refractivity contribution is 7.89. The van der Waals surface area contributed by atoms with Crippen molar-refractivity contribution in [2.45, 2.75) is 24.2 Å². The highest BCUT2D eigenvalue weighted by atomic mass is 35.5. The van der Waals surface area contributed by atoms with Crippen molar-refractivity contribution in [2.24, 2.45) is 0 Å². The zero-order valence-electron chi connectivity index (χ0n) is 15.7. The van der Waals surface area contributed by atoms with Crippen molar-refractivity contribution in [1.29, 1.82) is 0 Å². The van der Waals surface area contributed by atoms with Crippen LogP contribution < -0.4 is 5.32 Å². The van der Waals surface area contributed by atoms with Gasteiger partial charge in [-0.15, -0.1) is 0 Å². The number of pyridine rings is 1. The second-order valence-corrected chi connectivity index (χ2v) is 9.30. The summed E-state index contributed by atoms with van der Waals surface area (Å²) in [4.78, 5) is 17.2. The molecule has 0 atom stereocenters. The number of hydrogen-bond acceptors (Lipinski definition) is 4. The SMILES string of the molecule is O=C(NCCc1cn2ccccc2n1)c1cc(S(=O)(=O)N2CCCC2)ccc1Cl. The third-order valence-electron chi connectivity index (χ3n) is 4.97. The molecule has 0 aliphatic carbocycles. The molecular formula is C20H21ClN4O3S. The number of fused-ring (bicyclic) bond motifs is 1. The molecule has 1 amide bonds. The maximum atomic E-state index is 12.7. The van der Waals surface area contributed by atoms with E-state index in [0.29, 0.717) is 26.1 Å². The van der Waals surface area contributed by atoms with Gasteiger partial charge in [0, 0.05) is 38.4 Å². The Morgan fingerprint density at radius 3 is 2.72 bits per heavy atom. The third-order valence-corrected chi connectivity index (χ3v) is 7.19. The summed E-state index contributed by atoms with van der Waals surface area (Å²) in [7, 11) is -3.61. The summed E-state index contributed by atoms with van der Waals surface area (Å²) in [5.74, 6) is -0.405. The summed E-state index contributed by atoms with van der Waals surface area (Å²) in [6.07, 6.45) is 6.08. The first kappa shape index (κ1) is 19.9. The van der Waals surface area contributed by atoms with Gasteiger partial charge in [-0.1, -0.05) is 17.7 Å². The fourth-order valence-corrected chi connectivity index (χ4v) is 5.17. The predicted octanol–water partition coefficient (Wildman–Crippen LogP) is 2.74. The molecule has 2 aromatic heterocycles. The van der Waals surface area contributed by atoms with Gasteiger partial charge in [0.2, 0.25) is 10.0 Å². The second kappa shape index (κ2) is 8.14. The van der Waals surface area contributed by atoms with Crippen molar-refractivity contribution in [3.63, 3.8) is 0 Å². The molecule has 0 unspecified atom stereocenters. The van der Waals surface area contributed by atoms with Gasteiger partial charge < -0.3 is 9.72 Å². The number of carbonyl (C=O) groups is 1. The lowest BCUT2D eigenvalue weighted by Gasteiger charge is -2.16. The number of nitrogens with zero attached hydrogens (tertiary/aromatic N) is 3. The van der Waals surface area contributed by atoms with E-state index in [4.69, 9.17) is 11.6 Å². The van der Waals surface area contributed by atoms with Crippen molar-refractivity contribution in [3.05, 3.63) is 65.1 Å². The molecule has 0 spiro atoms. The van der Waals surface area contributed by atoms with Crippen LogP contribution in [0, 0.1) is 0 Å². The largest absolute Gasteiger partial charge is 0.352 e. The van der Waals surface area contributed by atoms with E-state index in [1.165, 1.54) is 22.5 Å². The molecule has 3 aromatic rings. The van der Waals surface area contributed by atoms with Crippen LogP contribution in [0.5, 0.6) is 0 Å². The van der Waals surface area contributed by atoms with Gasteiger partial charge in [-0.2, -0.15) is 4.31 Å². The van der Waals surface area contributed by atoms with Crippen molar-refractivity contribution in [3.8, 4) is 0 Å². The number of carbonyl (C=O) groups excluding carboxylic acids is 1. The topological polar surface area (TPSA) is 83.8 Å². The fraction of sp³-hybridized carbons (Fsp3) is 0.300. The van der Waals surface area contributed by atoms with E-state index in [1.54, 1.807) is 0 Å². The highest BCUT2D eigenvalue weighted by Crippen LogP contribution is 2.25. The number of rotatable bonds is 6. The first-order valence-corrected chi connectivity index (χ1v) is 11.3. The fourth-order valence-electron chi connectivity index (χ4n) is 3.42. The average Bonchev–Trinajstić information content (AvgIpc) is 3.38. The lowest BCUT2D eigenvalue weighted by molar-refractivity contribution is 0.0954. The van der Waals surface area contributed by atoms with Crippen LogP contribution in [0.4, 0.5) is 0 Å². The van der Waals surface area contributed by atoms with Crippen LogP contribution >= 0.6 is 11.6 Å². The highest BCUT2D eigenvalue weighted by Gasteiger charge is 2.28. The van der Waals surface area contributed by atoms with Gasteiger partial charge in [-0.05, 0) is 43.2 Å². The molecule has 1 N–H and O–H groups in total. The summed E-state index contributed by atoms with van der Waals surface area (Å²) >= 11 is 6.17. The molecule has 1 saturated heterocycles. The summed E-state index contributed by atoms with van der Waals surface area (Å²) in [5.41, 5.74) is 1.85. The molecule has 1 fully saturated rings. The molecule has 3 heterocycles. The van der Waals surface area contributed by atoms with Gasteiger partial charge in [0.1, 0.15) is 5.65 Å². The van der Waals surface area contributed by atoms with E-state index >= 15 is 0 Å². The number of halogens is 1. The Morgan fingerprint density at radius 1 is 1.17 bits per heavy atom. The minimum Gasteiger partial charge on any atom is -0.352 e. The number of nitrogens with one attached hydrogen (secondary N) is 1. The third kappa shape index (κ3) is 4.14. The standard InChI is InChI=1S/C20H21ClN4O3S/c21-18-7-6-16(29(27,28)25-11-3-4-12-25)13-17(18)20(26)22-9-8-15-14-24-10-2-1-5-19(24)23-15/h1-2,5-7,10,13-14H,3-4,8-9,11-12H2,(H,22,26). The van der Waals surface area contributed by atoms with Crippen LogP contribution in [0.25, 0.3) is 5.65 Å². The first-order valence-electron chi connectivity index (χ1n) is 9.46.